The summed E-state index contributed by atoms with van der Waals surface area (Å²) < 4.78 is 14.3. The highest BCUT2D eigenvalue weighted by Crippen LogP contribution is 2.56. The first-order valence-corrected chi connectivity index (χ1v) is 16.9. The predicted molar refractivity (Wildman–Crippen MR) is 176 cm³/mol. The number of aromatic nitrogens is 3. The van der Waals surface area contributed by atoms with Gasteiger partial charge in [-0.3, -0.25) is 19.2 Å². The van der Waals surface area contributed by atoms with Gasteiger partial charge in [0.1, 0.15) is 35.9 Å². The van der Waals surface area contributed by atoms with Gasteiger partial charge in [0.2, 0.25) is 11.8 Å². The van der Waals surface area contributed by atoms with Gasteiger partial charge in [0.25, 0.3) is 5.91 Å². The van der Waals surface area contributed by atoms with Crippen LogP contribution in [0.1, 0.15) is 43.8 Å². The SMILES string of the molecule is O=C1CC/C=C\CN(Cn2nnc3ccccc32)C(=O)[C@H]2N(CCCCCO)C(=O)[C@@H]3[C@@H](C(=O)O[C@@H](c4ccccc4)CN1)[C@H]1C=C[C@]32O1. The summed E-state index contributed by atoms with van der Waals surface area (Å²) >= 11 is 0. The van der Waals surface area contributed by atoms with Gasteiger partial charge < -0.3 is 29.7 Å². The van der Waals surface area contributed by atoms with Crippen LogP contribution in [0.25, 0.3) is 11.0 Å². The maximum atomic E-state index is 14.9. The van der Waals surface area contributed by atoms with Crippen molar-refractivity contribution in [1.82, 2.24) is 30.1 Å². The second-order valence-electron chi connectivity index (χ2n) is 12.9. The number of esters is 1. The van der Waals surface area contributed by atoms with Crippen LogP contribution in [0, 0.1) is 11.8 Å². The summed E-state index contributed by atoms with van der Waals surface area (Å²) in [6.07, 6.45) is 8.10. The molecular formula is C36H40N6O7. The quantitative estimate of drug-likeness (QED) is 0.209. The number of likely N-dealkylation sites (tertiary alicyclic amines) is 1. The Labute approximate surface area is 283 Å². The average Bonchev–Trinajstić information content (AvgIpc) is 3.87. The molecule has 2 saturated heterocycles. The third kappa shape index (κ3) is 6.12. The number of ether oxygens (including phenoxy) is 2. The molecule has 1 spiro atoms. The molecule has 5 bridgehead atoms. The molecule has 7 rings (SSSR count). The van der Waals surface area contributed by atoms with Crippen LogP contribution in [-0.4, -0.2) is 97.6 Å². The van der Waals surface area contributed by atoms with Crippen LogP contribution in [0.2, 0.25) is 0 Å². The predicted octanol–water partition coefficient (Wildman–Crippen LogP) is 2.28. The van der Waals surface area contributed by atoms with Gasteiger partial charge in [0.05, 0.1) is 24.1 Å². The number of benzene rings is 2. The molecular weight excluding hydrogens is 628 g/mol. The number of carbonyl (C=O) groups excluding carboxylic acids is 4. The Morgan fingerprint density at radius 3 is 2.61 bits per heavy atom. The van der Waals surface area contributed by atoms with Crippen molar-refractivity contribution in [2.24, 2.45) is 11.8 Å². The minimum absolute atomic E-state index is 0.0271. The van der Waals surface area contributed by atoms with Gasteiger partial charge in [-0.15, -0.1) is 5.10 Å². The molecule has 6 atom stereocenters. The zero-order valence-electron chi connectivity index (χ0n) is 27.1. The largest absolute Gasteiger partial charge is 0.455 e. The van der Waals surface area contributed by atoms with E-state index in [1.807, 2.05) is 66.7 Å². The summed E-state index contributed by atoms with van der Waals surface area (Å²) in [6, 6.07) is 15.6. The van der Waals surface area contributed by atoms with Gasteiger partial charge in [0.15, 0.2) is 0 Å². The van der Waals surface area contributed by atoms with Crippen LogP contribution in [0.5, 0.6) is 0 Å². The van der Waals surface area contributed by atoms with Crippen molar-refractivity contribution < 1.29 is 33.8 Å². The van der Waals surface area contributed by atoms with Crippen LogP contribution in [0.15, 0.2) is 78.9 Å². The molecule has 5 heterocycles. The standard InChI is InChI=1S/C36H40N6O7/c43-21-11-3-10-20-41-32-34(46)40(23-42-26-15-8-7-14-25(26)38-39-42)19-9-2-6-16-29(44)37-22-28(24-12-4-1-5-13-24)48-35(47)30-27-17-18-36(32,49-27)31(30)33(41)45/h1-2,4-5,7-9,12-15,17-18,27-28,30-32,43H,3,6,10-11,16,19-23H2,(H,37,44)/b9-2-/t27-,28-,30+,31+,32-,36+/m1/s1. The number of fused-ring (bicyclic) bond motifs is 3. The molecule has 2 N–H and O–H groups in total. The maximum Gasteiger partial charge on any atom is 0.313 e. The summed E-state index contributed by atoms with van der Waals surface area (Å²) in [5.74, 6) is -3.49. The molecule has 3 aromatic rings. The van der Waals surface area contributed by atoms with E-state index in [-0.39, 0.29) is 57.1 Å². The molecule has 1 aromatic heterocycles. The molecule has 13 nitrogen and oxygen atoms in total. The number of hydrogen-bond donors (Lipinski definition) is 2. The van der Waals surface area contributed by atoms with Gasteiger partial charge in [0, 0.05) is 26.1 Å². The Balaban J connectivity index is 1.27. The lowest BCUT2D eigenvalue weighted by Crippen LogP contribution is -2.56. The zero-order valence-corrected chi connectivity index (χ0v) is 27.1. The molecule has 0 unspecified atom stereocenters. The van der Waals surface area contributed by atoms with Crippen LogP contribution >= 0.6 is 0 Å². The molecule has 0 radical (unpaired) electrons. The third-order valence-electron chi connectivity index (χ3n) is 9.92. The Morgan fingerprint density at radius 2 is 1.78 bits per heavy atom. The van der Waals surface area contributed by atoms with E-state index in [1.54, 1.807) is 26.6 Å². The molecule has 256 valence electrons. The van der Waals surface area contributed by atoms with Crippen molar-refractivity contribution in [3.63, 3.8) is 0 Å². The monoisotopic (exact) mass is 668 g/mol. The lowest BCUT2D eigenvalue weighted by molar-refractivity contribution is -0.159. The number of para-hydroxylation sites is 1. The third-order valence-corrected chi connectivity index (χ3v) is 9.92. The van der Waals surface area contributed by atoms with Crippen molar-refractivity contribution in [2.75, 3.05) is 26.2 Å². The van der Waals surface area contributed by atoms with Gasteiger partial charge in [-0.1, -0.05) is 72.0 Å². The van der Waals surface area contributed by atoms with Crippen molar-refractivity contribution >= 4 is 34.7 Å². The molecule has 0 aliphatic carbocycles. The number of unbranched alkanes of at least 4 members (excludes halogenated alkanes) is 2. The summed E-state index contributed by atoms with van der Waals surface area (Å²) in [5.41, 5.74) is 0.748. The van der Waals surface area contributed by atoms with Crippen molar-refractivity contribution in [3.8, 4) is 0 Å². The lowest BCUT2D eigenvalue weighted by atomic mass is 9.74. The Hall–Kier alpha value is -4.88. The number of amides is 3. The Kier molecular flexibility index (Phi) is 9.28. The van der Waals surface area contributed by atoms with E-state index in [0.29, 0.717) is 36.8 Å². The average molecular weight is 669 g/mol. The molecule has 3 amide bonds. The number of rotatable bonds is 8. The number of allylic oxidation sites excluding steroid dienone is 1. The fourth-order valence-corrected chi connectivity index (χ4v) is 7.54. The minimum Gasteiger partial charge on any atom is -0.455 e. The van der Waals surface area contributed by atoms with Crippen molar-refractivity contribution in [3.05, 3.63) is 84.5 Å². The van der Waals surface area contributed by atoms with E-state index < -0.39 is 41.7 Å². The van der Waals surface area contributed by atoms with E-state index in [0.717, 1.165) is 5.52 Å². The molecule has 4 aliphatic heterocycles. The number of nitrogens with zero attached hydrogens (tertiary/aromatic N) is 5. The maximum absolute atomic E-state index is 14.9. The van der Waals surface area contributed by atoms with E-state index in [4.69, 9.17) is 9.47 Å². The second kappa shape index (κ2) is 13.9. The first kappa shape index (κ1) is 32.7. The smallest absolute Gasteiger partial charge is 0.313 e. The summed E-state index contributed by atoms with van der Waals surface area (Å²) in [4.78, 5) is 59.5. The zero-order chi connectivity index (χ0) is 34.0. The Morgan fingerprint density at radius 1 is 0.959 bits per heavy atom. The highest BCUT2D eigenvalue weighted by atomic mass is 16.6. The minimum atomic E-state index is -1.38. The second-order valence-corrected chi connectivity index (χ2v) is 12.9. The molecule has 49 heavy (non-hydrogen) atoms. The number of carbonyl (C=O) groups is 4. The molecule has 2 fully saturated rings. The van der Waals surface area contributed by atoms with E-state index in [9.17, 15) is 24.3 Å². The van der Waals surface area contributed by atoms with Crippen molar-refractivity contribution in [2.45, 2.75) is 62.6 Å². The lowest BCUT2D eigenvalue weighted by Gasteiger charge is -2.35. The van der Waals surface area contributed by atoms with E-state index >= 15 is 0 Å². The number of nitrogens with one attached hydrogen (secondary N) is 1. The van der Waals surface area contributed by atoms with E-state index in [2.05, 4.69) is 15.6 Å². The normalized spacial score (nSPS) is 29.4. The first-order valence-electron chi connectivity index (χ1n) is 16.9. The molecule has 4 aliphatic rings. The highest BCUT2D eigenvalue weighted by Gasteiger charge is 2.73. The Bertz CT molecular complexity index is 1780. The molecule has 2 aromatic carbocycles. The fourth-order valence-electron chi connectivity index (χ4n) is 7.54. The van der Waals surface area contributed by atoms with Crippen LogP contribution < -0.4 is 5.32 Å². The van der Waals surface area contributed by atoms with Crippen LogP contribution in [0.4, 0.5) is 0 Å². The molecule has 13 heteroatoms. The summed E-state index contributed by atoms with van der Waals surface area (Å²) in [5, 5.41) is 20.8. The summed E-state index contributed by atoms with van der Waals surface area (Å²) in [7, 11) is 0. The van der Waals surface area contributed by atoms with Crippen LogP contribution in [0.3, 0.4) is 0 Å². The van der Waals surface area contributed by atoms with Gasteiger partial charge >= 0.3 is 5.97 Å². The number of cyclic esters (lactones) is 1. The highest BCUT2D eigenvalue weighted by molar-refractivity contribution is 5.99. The van der Waals surface area contributed by atoms with Gasteiger partial charge in [-0.2, -0.15) is 0 Å². The summed E-state index contributed by atoms with van der Waals surface area (Å²) in [6.45, 7) is 0.567. The van der Waals surface area contributed by atoms with Crippen molar-refractivity contribution in [1.29, 1.82) is 0 Å². The van der Waals surface area contributed by atoms with Gasteiger partial charge in [-0.05, 0) is 43.4 Å². The first-order chi connectivity index (χ1) is 23.9. The van der Waals surface area contributed by atoms with Crippen LogP contribution in [-0.2, 0) is 35.3 Å². The topological polar surface area (TPSA) is 156 Å². The number of hydrogen-bond acceptors (Lipinski definition) is 9. The fraction of sp³-hybridized carbons (Fsp3) is 0.444. The number of aliphatic hydroxyl groups excluding tert-OH is 1. The van der Waals surface area contributed by atoms with Gasteiger partial charge in [-0.25, -0.2) is 4.68 Å². The van der Waals surface area contributed by atoms with E-state index in [1.165, 1.54) is 0 Å². The number of aliphatic hydroxyl groups is 1. The molecule has 0 saturated carbocycles.